The van der Waals surface area contributed by atoms with Crippen LogP contribution in [0, 0.1) is 6.92 Å². The zero-order valence-electron chi connectivity index (χ0n) is 10.2. The second-order valence-electron chi connectivity index (χ2n) is 4.13. The summed E-state index contributed by atoms with van der Waals surface area (Å²) in [7, 11) is 0. The van der Waals surface area contributed by atoms with Crippen molar-refractivity contribution >= 4 is 11.7 Å². The minimum atomic E-state index is -0.941. The Morgan fingerprint density at radius 1 is 1.47 bits per heavy atom. The molecule has 0 saturated heterocycles. The van der Waals surface area contributed by atoms with E-state index in [1.165, 1.54) is 0 Å². The first-order valence-corrected chi connectivity index (χ1v) is 5.80. The van der Waals surface area contributed by atoms with Crippen molar-refractivity contribution in [2.75, 3.05) is 11.9 Å². The third-order valence-corrected chi connectivity index (χ3v) is 2.67. The Morgan fingerprint density at radius 3 is 2.76 bits per heavy atom. The normalized spacial score (nSPS) is 12.2. The Labute approximate surface area is 101 Å². The first-order valence-electron chi connectivity index (χ1n) is 5.80. The van der Waals surface area contributed by atoms with E-state index >= 15 is 0 Å². The fourth-order valence-electron chi connectivity index (χ4n) is 1.57. The molecule has 0 aliphatic carbocycles. The number of aliphatic hydroxyl groups excluding tert-OH is 1. The fraction of sp³-hybridized carbons (Fsp3) is 0.462. The van der Waals surface area contributed by atoms with Crippen LogP contribution in [-0.2, 0) is 0 Å². The molecule has 0 saturated carbocycles. The monoisotopic (exact) mass is 237 g/mol. The van der Waals surface area contributed by atoms with Gasteiger partial charge in [0.25, 0.3) is 0 Å². The minimum Gasteiger partial charge on any atom is -0.478 e. The van der Waals surface area contributed by atoms with Gasteiger partial charge in [0.15, 0.2) is 0 Å². The molecule has 0 bridgehead atoms. The summed E-state index contributed by atoms with van der Waals surface area (Å²) in [6, 6.07) is 5.17. The van der Waals surface area contributed by atoms with E-state index in [-0.39, 0.29) is 11.7 Å². The van der Waals surface area contributed by atoms with Gasteiger partial charge in [-0.3, -0.25) is 0 Å². The van der Waals surface area contributed by atoms with Gasteiger partial charge >= 0.3 is 5.97 Å². The standard InChI is InChI=1S/C13H19NO3/c1-3-10(15)6-7-14-12-8-9(2)4-5-11(12)13(16)17/h4-5,8,10,14-15H,3,6-7H2,1-2H3,(H,16,17). The number of carboxylic acid groups (broad SMARTS) is 1. The maximum atomic E-state index is 11.0. The predicted molar refractivity (Wildman–Crippen MR) is 67.5 cm³/mol. The van der Waals surface area contributed by atoms with E-state index in [1.807, 2.05) is 19.9 Å². The molecule has 0 spiro atoms. The lowest BCUT2D eigenvalue weighted by atomic mass is 10.1. The van der Waals surface area contributed by atoms with Gasteiger partial charge in [0.05, 0.1) is 11.7 Å². The molecule has 1 unspecified atom stereocenters. The Balaban J connectivity index is 2.68. The molecular formula is C13H19NO3. The number of carbonyl (C=O) groups is 1. The van der Waals surface area contributed by atoms with Crippen LogP contribution in [0.1, 0.15) is 35.7 Å². The number of aromatic carboxylic acids is 1. The van der Waals surface area contributed by atoms with Crippen molar-refractivity contribution < 1.29 is 15.0 Å². The van der Waals surface area contributed by atoms with E-state index in [1.54, 1.807) is 12.1 Å². The summed E-state index contributed by atoms with van der Waals surface area (Å²) in [6.07, 6.45) is 0.991. The zero-order chi connectivity index (χ0) is 12.8. The summed E-state index contributed by atoms with van der Waals surface area (Å²) in [6.45, 7) is 4.40. The Bertz CT molecular complexity index is 390. The molecule has 0 aliphatic heterocycles. The lowest BCUT2D eigenvalue weighted by Gasteiger charge is -2.12. The van der Waals surface area contributed by atoms with E-state index in [2.05, 4.69) is 5.32 Å². The van der Waals surface area contributed by atoms with E-state index in [0.717, 1.165) is 5.56 Å². The summed E-state index contributed by atoms with van der Waals surface area (Å²) < 4.78 is 0. The SMILES string of the molecule is CCC(O)CCNc1cc(C)ccc1C(=O)O. The molecule has 1 aromatic carbocycles. The maximum Gasteiger partial charge on any atom is 0.337 e. The summed E-state index contributed by atoms with van der Waals surface area (Å²) >= 11 is 0. The molecule has 0 aromatic heterocycles. The van der Waals surface area contributed by atoms with Crippen LogP contribution in [0.25, 0.3) is 0 Å². The number of hydrogen-bond donors (Lipinski definition) is 3. The average Bonchev–Trinajstić information content (AvgIpc) is 2.28. The highest BCUT2D eigenvalue weighted by Crippen LogP contribution is 2.17. The van der Waals surface area contributed by atoms with Crippen molar-refractivity contribution in [3.8, 4) is 0 Å². The van der Waals surface area contributed by atoms with Crippen LogP contribution in [-0.4, -0.2) is 28.8 Å². The molecule has 4 heteroatoms. The van der Waals surface area contributed by atoms with Gasteiger partial charge in [-0.15, -0.1) is 0 Å². The smallest absolute Gasteiger partial charge is 0.337 e. The Morgan fingerprint density at radius 2 is 2.18 bits per heavy atom. The average molecular weight is 237 g/mol. The van der Waals surface area contributed by atoms with Gasteiger partial charge in [0.1, 0.15) is 0 Å². The van der Waals surface area contributed by atoms with Crippen LogP contribution in [0.2, 0.25) is 0 Å². The topological polar surface area (TPSA) is 69.6 Å². The van der Waals surface area contributed by atoms with Gasteiger partial charge in [-0.25, -0.2) is 4.79 Å². The number of rotatable bonds is 6. The molecule has 1 aromatic rings. The second kappa shape index (κ2) is 6.25. The van der Waals surface area contributed by atoms with Crippen molar-refractivity contribution in [3.05, 3.63) is 29.3 Å². The number of aryl methyl sites for hydroxylation is 1. The summed E-state index contributed by atoms with van der Waals surface area (Å²) in [5, 5.41) is 21.5. The van der Waals surface area contributed by atoms with Crippen molar-refractivity contribution in [3.63, 3.8) is 0 Å². The van der Waals surface area contributed by atoms with Crippen LogP contribution < -0.4 is 5.32 Å². The van der Waals surface area contributed by atoms with Crippen molar-refractivity contribution in [2.45, 2.75) is 32.8 Å². The van der Waals surface area contributed by atoms with Gasteiger partial charge in [-0.1, -0.05) is 13.0 Å². The van der Waals surface area contributed by atoms with Gasteiger partial charge in [0, 0.05) is 12.2 Å². The quantitative estimate of drug-likeness (QED) is 0.710. The van der Waals surface area contributed by atoms with Crippen LogP contribution in [0.5, 0.6) is 0 Å². The molecule has 94 valence electrons. The highest BCUT2D eigenvalue weighted by Gasteiger charge is 2.09. The van der Waals surface area contributed by atoms with Crippen LogP contribution >= 0.6 is 0 Å². The zero-order valence-corrected chi connectivity index (χ0v) is 10.2. The molecular weight excluding hydrogens is 218 g/mol. The number of anilines is 1. The number of nitrogens with one attached hydrogen (secondary N) is 1. The van der Waals surface area contributed by atoms with E-state index in [9.17, 15) is 9.90 Å². The van der Waals surface area contributed by atoms with Gasteiger partial charge < -0.3 is 15.5 Å². The van der Waals surface area contributed by atoms with Crippen molar-refractivity contribution in [2.24, 2.45) is 0 Å². The Kier molecular flexibility index (Phi) is 4.97. The summed E-state index contributed by atoms with van der Waals surface area (Å²) in [4.78, 5) is 11.0. The number of aliphatic hydroxyl groups is 1. The third kappa shape index (κ3) is 4.07. The molecule has 3 N–H and O–H groups in total. The predicted octanol–water partition coefficient (Wildman–Crippen LogP) is 2.27. The van der Waals surface area contributed by atoms with Crippen LogP contribution in [0.4, 0.5) is 5.69 Å². The molecule has 17 heavy (non-hydrogen) atoms. The van der Waals surface area contributed by atoms with Crippen molar-refractivity contribution in [1.82, 2.24) is 0 Å². The number of benzene rings is 1. The van der Waals surface area contributed by atoms with Gasteiger partial charge in [0.2, 0.25) is 0 Å². The first-order chi connectivity index (χ1) is 8.04. The number of hydrogen-bond acceptors (Lipinski definition) is 3. The molecule has 0 radical (unpaired) electrons. The largest absolute Gasteiger partial charge is 0.478 e. The summed E-state index contributed by atoms with van der Waals surface area (Å²) in [5.41, 5.74) is 1.89. The Hall–Kier alpha value is -1.55. The van der Waals surface area contributed by atoms with E-state index in [0.29, 0.717) is 25.1 Å². The third-order valence-electron chi connectivity index (χ3n) is 2.67. The highest BCUT2D eigenvalue weighted by molar-refractivity contribution is 5.94. The molecule has 1 rings (SSSR count). The fourth-order valence-corrected chi connectivity index (χ4v) is 1.57. The highest BCUT2D eigenvalue weighted by atomic mass is 16.4. The maximum absolute atomic E-state index is 11.0. The summed E-state index contributed by atoms with van der Waals surface area (Å²) in [5.74, 6) is -0.941. The van der Waals surface area contributed by atoms with Crippen LogP contribution in [0.15, 0.2) is 18.2 Å². The molecule has 0 heterocycles. The second-order valence-corrected chi connectivity index (χ2v) is 4.13. The first kappa shape index (κ1) is 13.5. The molecule has 1 atom stereocenters. The van der Waals surface area contributed by atoms with Gasteiger partial charge in [-0.05, 0) is 37.5 Å². The van der Waals surface area contributed by atoms with E-state index in [4.69, 9.17) is 5.11 Å². The molecule has 0 amide bonds. The van der Waals surface area contributed by atoms with Crippen LogP contribution in [0.3, 0.4) is 0 Å². The lowest BCUT2D eigenvalue weighted by molar-refractivity contribution is 0.0698. The minimum absolute atomic E-state index is 0.265. The molecule has 4 nitrogen and oxygen atoms in total. The van der Waals surface area contributed by atoms with E-state index < -0.39 is 5.97 Å². The van der Waals surface area contributed by atoms with Crippen molar-refractivity contribution in [1.29, 1.82) is 0 Å². The number of carboxylic acids is 1. The molecule has 0 fully saturated rings. The lowest BCUT2D eigenvalue weighted by Crippen LogP contribution is -2.14. The van der Waals surface area contributed by atoms with Gasteiger partial charge in [-0.2, -0.15) is 0 Å². The molecule has 0 aliphatic rings.